The Kier molecular flexibility index (Phi) is 4.61. The monoisotopic (exact) mass is 325 g/mol. The molecule has 0 amide bonds. The van der Waals surface area contributed by atoms with Crippen molar-refractivity contribution in [2.45, 2.75) is 45.1 Å². The number of hydrogen-bond acceptors (Lipinski definition) is 5. The van der Waals surface area contributed by atoms with Crippen LogP contribution in [0.2, 0.25) is 0 Å². The summed E-state index contributed by atoms with van der Waals surface area (Å²) in [6.07, 6.45) is 3.22. The van der Waals surface area contributed by atoms with Gasteiger partial charge in [0, 0.05) is 18.0 Å². The normalized spacial score (nSPS) is 14.8. The second-order valence-corrected chi connectivity index (χ2v) is 6.13. The number of benzene rings is 1. The first-order chi connectivity index (χ1) is 11.6. The summed E-state index contributed by atoms with van der Waals surface area (Å²) in [6, 6.07) is 8.55. The quantitative estimate of drug-likeness (QED) is 0.827. The summed E-state index contributed by atoms with van der Waals surface area (Å²) in [5.41, 5.74) is 1.38. The second kappa shape index (κ2) is 6.83. The summed E-state index contributed by atoms with van der Waals surface area (Å²) in [7, 11) is 0. The van der Waals surface area contributed by atoms with Gasteiger partial charge in [0.05, 0.1) is 11.4 Å². The first-order valence-electron chi connectivity index (χ1n) is 8.21. The van der Waals surface area contributed by atoms with E-state index < -0.39 is 5.82 Å². The zero-order valence-electron chi connectivity index (χ0n) is 13.8. The summed E-state index contributed by atoms with van der Waals surface area (Å²) in [4.78, 5) is 9.05. The smallest absolute Gasteiger partial charge is 0.225 e. The minimum Gasteiger partial charge on any atom is -0.352 e. The van der Waals surface area contributed by atoms with Crippen LogP contribution < -0.4 is 10.6 Å². The van der Waals surface area contributed by atoms with Crippen molar-refractivity contribution in [3.05, 3.63) is 41.3 Å². The fourth-order valence-electron chi connectivity index (χ4n) is 2.39. The van der Waals surface area contributed by atoms with Crippen molar-refractivity contribution in [3.8, 4) is 6.07 Å². The molecule has 0 saturated heterocycles. The van der Waals surface area contributed by atoms with Crippen LogP contribution in [0.4, 0.5) is 21.8 Å². The van der Waals surface area contributed by atoms with E-state index in [1.54, 1.807) is 12.1 Å². The van der Waals surface area contributed by atoms with Crippen molar-refractivity contribution in [2.75, 3.05) is 10.6 Å². The number of halogens is 1. The lowest BCUT2D eigenvalue weighted by atomic mass is 10.2. The molecule has 1 aromatic carbocycles. The maximum absolute atomic E-state index is 13.8. The molecule has 1 atom stereocenters. The highest BCUT2D eigenvalue weighted by Gasteiger charge is 2.26. The average molecular weight is 325 g/mol. The van der Waals surface area contributed by atoms with Gasteiger partial charge in [0.1, 0.15) is 23.3 Å². The van der Waals surface area contributed by atoms with Crippen LogP contribution >= 0.6 is 0 Å². The predicted molar refractivity (Wildman–Crippen MR) is 91.8 cm³/mol. The third kappa shape index (κ3) is 3.62. The fourth-order valence-corrected chi connectivity index (χ4v) is 2.39. The summed E-state index contributed by atoms with van der Waals surface area (Å²) in [5.74, 6) is 1.05. The summed E-state index contributed by atoms with van der Waals surface area (Å²) >= 11 is 0. The van der Waals surface area contributed by atoms with Crippen LogP contribution in [0.3, 0.4) is 0 Å². The molecule has 2 aromatic rings. The Labute approximate surface area is 140 Å². The van der Waals surface area contributed by atoms with Gasteiger partial charge in [-0.2, -0.15) is 10.2 Å². The van der Waals surface area contributed by atoms with E-state index >= 15 is 0 Å². The highest BCUT2D eigenvalue weighted by Crippen LogP contribution is 2.40. The molecule has 0 aliphatic heterocycles. The van der Waals surface area contributed by atoms with Crippen LogP contribution in [0, 0.1) is 17.1 Å². The Balaban J connectivity index is 1.92. The molecule has 0 spiro atoms. The molecule has 1 saturated carbocycles. The molecule has 3 rings (SSSR count). The van der Waals surface area contributed by atoms with Gasteiger partial charge in [-0.25, -0.2) is 9.37 Å². The number of nitrogens with one attached hydrogen (secondary N) is 2. The Morgan fingerprint density at radius 3 is 2.83 bits per heavy atom. The molecule has 124 valence electrons. The van der Waals surface area contributed by atoms with E-state index in [0.29, 0.717) is 23.4 Å². The molecule has 0 unspecified atom stereocenters. The van der Waals surface area contributed by atoms with Gasteiger partial charge >= 0.3 is 0 Å². The number of hydrogen-bond donors (Lipinski definition) is 2. The van der Waals surface area contributed by atoms with Crippen LogP contribution in [-0.4, -0.2) is 16.0 Å². The van der Waals surface area contributed by atoms with Crippen LogP contribution in [-0.2, 0) is 0 Å². The van der Waals surface area contributed by atoms with E-state index in [9.17, 15) is 4.39 Å². The number of aromatic nitrogens is 2. The highest BCUT2D eigenvalue weighted by atomic mass is 19.1. The Bertz CT molecular complexity index is 779. The van der Waals surface area contributed by atoms with Gasteiger partial charge in [-0.3, -0.25) is 0 Å². The van der Waals surface area contributed by atoms with Gasteiger partial charge in [-0.15, -0.1) is 0 Å². The van der Waals surface area contributed by atoms with Gasteiger partial charge in [-0.1, -0.05) is 13.0 Å². The van der Waals surface area contributed by atoms with Gasteiger partial charge in [0.2, 0.25) is 5.95 Å². The van der Waals surface area contributed by atoms with E-state index in [-0.39, 0.29) is 11.6 Å². The average Bonchev–Trinajstić information content (AvgIpc) is 3.39. The van der Waals surface area contributed by atoms with Gasteiger partial charge in [-0.05, 0) is 38.3 Å². The van der Waals surface area contributed by atoms with Crippen molar-refractivity contribution >= 4 is 17.5 Å². The second-order valence-electron chi connectivity index (χ2n) is 6.13. The number of anilines is 3. The topological polar surface area (TPSA) is 73.6 Å². The molecule has 24 heavy (non-hydrogen) atoms. The molecule has 6 heteroatoms. The minimum absolute atomic E-state index is 0.0134. The molecule has 5 nitrogen and oxygen atoms in total. The van der Waals surface area contributed by atoms with Crippen molar-refractivity contribution in [1.29, 1.82) is 5.26 Å². The van der Waals surface area contributed by atoms with Crippen LogP contribution in [0.1, 0.15) is 50.3 Å². The summed E-state index contributed by atoms with van der Waals surface area (Å²) < 4.78 is 13.8. The standard InChI is InChI=1S/C18H20FN5/c1-3-11(2)21-18-23-16(12-7-8-12)9-17(24-18)22-15-6-4-5-14(19)13(15)10-20/h4-6,9,11-12H,3,7-8H2,1-2H3,(H2,21,22,23,24)/t11-/m1/s1. The predicted octanol–water partition coefficient (Wildman–Crippen LogP) is 4.32. The number of nitriles is 1. The molecule has 1 aromatic heterocycles. The SMILES string of the molecule is CC[C@@H](C)Nc1nc(Nc2cccc(F)c2C#N)cc(C2CC2)n1. The fraction of sp³-hybridized carbons (Fsp3) is 0.389. The first-order valence-corrected chi connectivity index (χ1v) is 8.21. The van der Waals surface area contributed by atoms with E-state index in [0.717, 1.165) is 25.0 Å². The van der Waals surface area contributed by atoms with Crippen LogP contribution in [0.5, 0.6) is 0 Å². The van der Waals surface area contributed by atoms with Crippen molar-refractivity contribution in [3.63, 3.8) is 0 Å². The lowest BCUT2D eigenvalue weighted by Crippen LogP contribution is -2.16. The number of rotatable bonds is 6. The highest BCUT2D eigenvalue weighted by molar-refractivity contribution is 5.65. The van der Waals surface area contributed by atoms with Crippen molar-refractivity contribution in [2.24, 2.45) is 0 Å². The third-order valence-corrected chi connectivity index (χ3v) is 4.12. The van der Waals surface area contributed by atoms with E-state index in [4.69, 9.17) is 5.26 Å². The Hall–Kier alpha value is -2.68. The lowest BCUT2D eigenvalue weighted by Gasteiger charge is -2.15. The molecule has 0 radical (unpaired) electrons. The van der Waals surface area contributed by atoms with E-state index in [1.807, 2.05) is 12.1 Å². The van der Waals surface area contributed by atoms with Crippen molar-refractivity contribution < 1.29 is 4.39 Å². The zero-order valence-corrected chi connectivity index (χ0v) is 13.8. The maximum Gasteiger partial charge on any atom is 0.225 e. The molecule has 2 N–H and O–H groups in total. The largest absolute Gasteiger partial charge is 0.352 e. The van der Waals surface area contributed by atoms with Gasteiger partial charge < -0.3 is 10.6 Å². The third-order valence-electron chi connectivity index (χ3n) is 4.12. The molecule has 1 fully saturated rings. The summed E-state index contributed by atoms with van der Waals surface area (Å²) in [6.45, 7) is 4.16. The van der Waals surface area contributed by atoms with E-state index in [2.05, 4.69) is 34.4 Å². The molecule has 0 bridgehead atoms. The molecular formula is C18H20FN5. The molecule has 1 heterocycles. The van der Waals surface area contributed by atoms with E-state index in [1.165, 1.54) is 6.07 Å². The van der Waals surface area contributed by atoms with Crippen LogP contribution in [0.25, 0.3) is 0 Å². The van der Waals surface area contributed by atoms with Gasteiger partial charge in [0.25, 0.3) is 0 Å². The molecule has 1 aliphatic carbocycles. The van der Waals surface area contributed by atoms with Crippen molar-refractivity contribution in [1.82, 2.24) is 9.97 Å². The molecular weight excluding hydrogens is 305 g/mol. The Morgan fingerprint density at radius 1 is 1.38 bits per heavy atom. The summed E-state index contributed by atoms with van der Waals surface area (Å²) in [5, 5.41) is 15.5. The lowest BCUT2D eigenvalue weighted by molar-refractivity contribution is 0.624. The number of nitrogens with zero attached hydrogens (tertiary/aromatic N) is 3. The van der Waals surface area contributed by atoms with Crippen LogP contribution in [0.15, 0.2) is 24.3 Å². The minimum atomic E-state index is -0.545. The zero-order chi connectivity index (χ0) is 17.1. The molecule has 1 aliphatic rings. The maximum atomic E-state index is 13.8. The first kappa shape index (κ1) is 16.2. The van der Waals surface area contributed by atoms with Gasteiger partial charge in [0.15, 0.2) is 0 Å². The Morgan fingerprint density at radius 2 is 2.17 bits per heavy atom.